The molecule has 4 aliphatic rings. The number of hydrogen-bond acceptors (Lipinski definition) is 11. The van der Waals surface area contributed by atoms with Crippen molar-refractivity contribution in [3.05, 3.63) is 35.6 Å². The molecule has 3 atom stereocenters. The molecule has 2 aromatic carbocycles. The standard InChI is InChI=1S/C46H62F2N6O6Si/c1-29(2)61(30(3)4,31(5)6)20-15-36-37(48)14-13-32-21-35(59-28-56-8)22-38(39(32)36)60-44-50-41-40(54(44)34-11-9-12-34)42(52-18-19-57-26-45(7,55)25-52)51-43(49-41)58-27-46-16-10-17-53(46)24-33(47)23-46/h13-14,21-22,29-31,33-34,55H,9-12,16-19,23-28H2,1-8H3/t33-,45?,46+/m1/s1. The number of fused-ring (bicyclic) bond motifs is 3. The van der Waals surface area contributed by atoms with E-state index in [0.717, 1.165) is 38.6 Å². The molecule has 1 unspecified atom stereocenters. The van der Waals surface area contributed by atoms with Gasteiger partial charge in [0.05, 0.1) is 30.9 Å². The number of ether oxygens (including phenoxy) is 5. The molecule has 5 heterocycles. The molecule has 4 aromatic rings. The van der Waals surface area contributed by atoms with Crippen molar-refractivity contribution in [2.24, 2.45) is 0 Å². The molecule has 15 heteroatoms. The minimum atomic E-state index is -2.26. The first-order chi connectivity index (χ1) is 29.1. The molecule has 0 spiro atoms. The van der Waals surface area contributed by atoms with Gasteiger partial charge in [-0.2, -0.15) is 15.0 Å². The average Bonchev–Trinajstić information content (AvgIpc) is 3.78. The lowest BCUT2D eigenvalue weighted by Gasteiger charge is -2.38. The third kappa shape index (κ3) is 8.31. The number of aromatic nitrogens is 4. The van der Waals surface area contributed by atoms with Gasteiger partial charge in [0.25, 0.3) is 0 Å². The largest absolute Gasteiger partial charge is 0.467 e. The van der Waals surface area contributed by atoms with Crippen molar-refractivity contribution in [2.45, 2.75) is 127 Å². The van der Waals surface area contributed by atoms with Crippen LogP contribution < -0.4 is 19.1 Å². The predicted octanol–water partition coefficient (Wildman–Crippen LogP) is 8.73. The molecule has 1 saturated carbocycles. The summed E-state index contributed by atoms with van der Waals surface area (Å²) in [7, 11) is -0.705. The summed E-state index contributed by atoms with van der Waals surface area (Å²) in [5, 5.41) is 12.6. The third-order valence-electron chi connectivity index (χ3n) is 13.7. The highest BCUT2D eigenvalue weighted by Gasteiger charge is 2.49. The second kappa shape index (κ2) is 17.2. The van der Waals surface area contributed by atoms with Gasteiger partial charge in [-0.15, -0.1) is 5.54 Å². The topological polar surface area (TPSA) is 116 Å². The van der Waals surface area contributed by atoms with Crippen LogP contribution in [0.4, 0.5) is 14.6 Å². The van der Waals surface area contributed by atoms with Crippen molar-refractivity contribution in [3.63, 3.8) is 0 Å². The lowest BCUT2D eigenvalue weighted by atomic mass is 9.93. The van der Waals surface area contributed by atoms with Gasteiger partial charge < -0.3 is 33.7 Å². The van der Waals surface area contributed by atoms with Crippen molar-refractivity contribution < 1.29 is 37.6 Å². The quantitative estimate of drug-likeness (QED) is 0.0791. The maximum absolute atomic E-state index is 16.3. The first kappa shape index (κ1) is 43.6. The fourth-order valence-electron chi connectivity index (χ4n) is 10.6. The Morgan fingerprint density at radius 2 is 1.79 bits per heavy atom. The highest BCUT2D eigenvalue weighted by Crippen LogP contribution is 2.46. The van der Waals surface area contributed by atoms with Gasteiger partial charge in [-0.25, -0.2) is 8.78 Å². The van der Waals surface area contributed by atoms with Crippen molar-refractivity contribution in [1.82, 2.24) is 24.4 Å². The van der Waals surface area contributed by atoms with Gasteiger partial charge >= 0.3 is 12.0 Å². The van der Waals surface area contributed by atoms with Crippen LogP contribution in [0.3, 0.4) is 0 Å². The summed E-state index contributed by atoms with van der Waals surface area (Å²) < 4.78 is 63.7. The number of alkyl halides is 1. The molecule has 12 nitrogen and oxygen atoms in total. The van der Waals surface area contributed by atoms with E-state index in [2.05, 4.69) is 57.9 Å². The first-order valence-electron chi connectivity index (χ1n) is 22.1. The summed E-state index contributed by atoms with van der Waals surface area (Å²) >= 11 is 0. The second-order valence-corrected chi connectivity index (χ2v) is 24.5. The molecule has 1 aliphatic carbocycles. The molecule has 1 N–H and O–H groups in total. The van der Waals surface area contributed by atoms with Crippen LogP contribution in [0.25, 0.3) is 21.9 Å². The summed E-state index contributed by atoms with van der Waals surface area (Å²) in [5.41, 5.74) is 4.46. The molecule has 0 amide bonds. The smallest absolute Gasteiger partial charge is 0.320 e. The van der Waals surface area contributed by atoms with E-state index >= 15 is 4.39 Å². The molecule has 0 bridgehead atoms. The number of halogens is 2. The Kier molecular flexibility index (Phi) is 12.3. The van der Waals surface area contributed by atoms with Crippen LogP contribution in [-0.2, 0) is 9.47 Å². The van der Waals surface area contributed by atoms with E-state index in [1.807, 2.05) is 15.5 Å². The predicted molar refractivity (Wildman–Crippen MR) is 235 cm³/mol. The van der Waals surface area contributed by atoms with E-state index in [9.17, 15) is 9.50 Å². The third-order valence-corrected chi connectivity index (χ3v) is 20.0. The number of methoxy groups -OCH3 is 1. The molecule has 2 aromatic heterocycles. The lowest BCUT2D eigenvalue weighted by Crippen LogP contribution is -2.44. The monoisotopic (exact) mass is 860 g/mol. The minimum absolute atomic E-state index is 0.000753. The van der Waals surface area contributed by atoms with E-state index in [1.165, 1.54) is 6.07 Å². The van der Waals surface area contributed by atoms with Gasteiger partial charge in [-0.3, -0.25) is 9.47 Å². The van der Waals surface area contributed by atoms with E-state index in [1.54, 1.807) is 26.2 Å². The molecule has 0 radical (unpaired) electrons. The second-order valence-electron chi connectivity index (χ2n) is 18.9. The summed E-state index contributed by atoms with van der Waals surface area (Å²) in [6, 6.07) is 7.14. The van der Waals surface area contributed by atoms with Crippen molar-refractivity contribution in [1.29, 1.82) is 0 Å². The lowest BCUT2D eigenvalue weighted by molar-refractivity contribution is -0.0123. The molecule has 4 fully saturated rings. The van der Waals surface area contributed by atoms with Crippen LogP contribution in [0.2, 0.25) is 16.6 Å². The van der Waals surface area contributed by atoms with E-state index in [-0.39, 0.29) is 50.2 Å². The Labute approximate surface area is 359 Å². The number of benzene rings is 2. The number of imidazole rings is 1. The van der Waals surface area contributed by atoms with Gasteiger partial charge in [0.2, 0.25) is 0 Å². The normalized spacial score (nSPS) is 23.8. The van der Waals surface area contributed by atoms with Crippen LogP contribution in [-0.4, -0.2) is 115 Å². The van der Waals surface area contributed by atoms with Crippen molar-refractivity contribution in [3.8, 4) is 35.0 Å². The Morgan fingerprint density at radius 3 is 2.49 bits per heavy atom. The van der Waals surface area contributed by atoms with Crippen LogP contribution in [0.1, 0.15) is 98.6 Å². The van der Waals surface area contributed by atoms with E-state index < -0.39 is 31.2 Å². The Bertz CT molecular complexity index is 2290. The molecule has 3 saturated heterocycles. The number of anilines is 1. The number of hydrogen-bond donors (Lipinski definition) is 1. The Morgan fingerprint density at radius 1 is 1.02 bits per heavy atom. The van der Waals surface area contributed by atoms with Crippen molar-refractivity contribution >= 4 is 35.8 Å². The summed E-state index contributed by atoms with van der Waals surface area (Å²) in [5.74, 6) is 4.30. The van der Waals surface area contributed by atoms with Gasteiger partial charge in [0.1, 0.15) is 49.3 Å². The highest BCUT2D eigenvalue weighted by molar-refractivity contribution is 6.90. The summed E-state index contributed by atoms with van der Waals surface area (Å²) in [6.45, 7) is 17.9. The van der Waals surface area contributed by atoms with Crippen LogP contribution in [0.5, 0.6) is 23.5 Å². The zero-order valence-electron chi connectivity index (χ0n) is 37.0. The molecular weight excluding hydrogens is 799 g/mol. The molecule has 8 rings (SSSR count). The molecule has 61 heavy (non-hydrogen) atoms. The minimum Gasteiger partial charge on any atom is -0.467 e. The van der Waals surface area contributed by atoms with Gasteiger partial charge in [0.15, 0.2) is 18.3 Å². The van der Waals surface area contributed by atoms with Gasteiger partial charge in [0, 0.05) is 44.1 Å². The SMILES string of the molecule is COCOc1cc(Oc2nc3nc(OC[C@@]45CCCN4C[C@H](F)C5)nc(N4CCOCC(C)(O)C4)c3n2C2CCC2)c2c(C#C[Si](C(C)C)(C(C)C)C(C)C)c(F)ccc2c1. The fourth-order valence-corrected chi connectivity index (χ4v) is 15.8. The maximum atomic E-state index is 16.3. The fraction of sp³-hybridized carbons (Fsp3) is 0.630. The van der Waals surface area contributed by atoms with Crippen LogP contribution in [0, 0.1) is 17.3 Å². The van der Waals surface area contributed by atoms with Gasteiger partial charge in [-0.1, -0.05) is 53.5 Å². The zero-order chi connectivity index (χ0) is 43.3. The number of rotatable bonds is 13. The zero-order valence-corrected chi connectivity index (χ0v) is 38.0. The molecular formula is C46H62F2N6O6Si. The Hall–Kier alpha value is -4.07. The van der Waals surface area contributed by atoms with Gasteiger partial charge in [-0.05, 0) is 79.7 Å². The molecule has 330 valence electrons. The summed E-state index contributed by atoms with van der Waals surface area (Å²) in [6.07, 6.45) is 4.09. The highest BCUT2D eigenvalue weighted by atomic mass is 28.3. The van der Waals surface area contributed by atoms with E-state index in [4.69, 9.17) is 38.6 Å². The van der Waals surface area contributed by atoms with Crippen LogP contribution >= 0.6 is 0 Å². The summed E-state index contributed by atoms with van der Waals surface area (Å²) in [4.78, 5) is 19.2. The maximum Gasteiger partial charge on any atom is 0.320 e. The number of β-amino-alcohol motifs (C(OH)–C–C–N with tert-alkyl or cyclic N) is 1. The molecule has 3 aliphatic heterocycles. The Balaban J connectivity index is 1.30. The first-order valence-corrected chi connectivity index (χ1v) is 24.3. The number of nitrogens with zero attached hydrogens (tertiary/aromatic N) is 6. The van der Waals surface area contributed by atoms with Crippen LogP contribution in [0.15, 0.2) is 24.3 Å². The van der Waals surface area contributed by atoms with Crippen molar-refractivity contribution in [2.75, 3.05) is 64.8 Å². The average molecular weight is 861 g/mol. The number of aliphatic hydroxyl groups is 1. The van der Waals surface area contributed by atoms with E-state index in [0.29, 0.717) is 82.0 Å².